The average molecular weight is 182 g/mol. The summed E-state index contributed by atoms with van der Waals surface area (Å²) in [5, 5.41) is 8.73. The van der Waals surface area contributed by atoms with Crippen LogP contribution in [0.15, 0.2) is 42.7 Å². The van der Waals surface area contributed by atoms with E-state index in [1.807, 2.05) is 54.2 Å². The van der Waals surface area contributed by atoms with Gasteiger partial charge in [0.25, 0.3) is 0 Å². The summed E-state index contributed by atoms with van der Waals surface area (Å²) in [7, 11) is 0. The molecule has 14 heavy (non-hydrogen) atoms. The second kappa shape index (κ2) is 3.39. The van der Waals surface area contributed by atoms with E-state index in [9.17, 15) is 0 Å². The summed E-state index contributed by atoms with van der Waals surface area (Å²) in [6.45, 7) is 2.01. The molecule has 1 aromatic carbocycles. The molecule has 0 radical (unpaired) electrons. The van der Waals surface area contributed by atoms with Crippen molar-refractivity contribution >= 4 is 0 Å². The highest BCUT2D eigenvalue weighted by Gasteiger charge is 2.00. The van der Waals surface area contributed by atoms with Crippen LogP contribution in [0, 0.1) is 18.3 Å². The molecule has 0 spiro atoms. The Kier molecular flexibility index (Phi) is 2.08. The zero-order valence-electron chi connectivity index (χ0n) is 7.94. The monoisotopic (exact) mass is 182 g/mol. The molecule has 0 N–H and O–H groups in total. The van der Waals surface area contributed by atoms with Crippen molar-refractivity contribution in [2.45, 2.75) is 6.92 Å². The van der Waals surface area contributed by atoms with Crippen molar-refractivity contribution in [2.24, 2.45) is 0 Å². The van der Waals surface area contributed by atoms with E-state index in [2.05, 4.69) is 6.07 Å². The van der Waals surface area contributed by atoms with Crippen LogP contribution < -0.4 is 0 Å². The SMILES string of the molecule is Cc1cc(C#N)ccc1-n1cccc1. The van der Waals surface area contributed by atoms with Gasteiger partial charge in [-0.3, -0.25) is 0 Å². The molecule has 0 amide bonds. The van der Waals surface area contributed by atoms with Gasteiger partial charge in [-0.25, -0.2) is 0 Å². The van der Waals surface area contributed by atoms with E-state index in [0.29, 0.717) is 5.56 Å². The number of benzene rings is 1. The molecule has 0 bridgehead atoms. The molecule has 2 nitrogen and oxygen atoms in total. The molecule has 0 aliphatic carbocycles. The Morgan fingerprint density at radius 1 is 1.21 bits per heavy atom. The minimum absolute atomic E-state index is 0.707. The molecule has 0 atom stereocenters. The van der Waals surface area contributed by atoms with Crippen LogP contribution in [0.5, 0.6) is 0 Å². The fourth-order valence-electron chi connectivity index (χ4n) is 1.51. The van der Waals surface area contributed by atoms with Crippen LogP contribution in [0.4, 0.5) is 0 Å². The van der Waals surface area contributed by atoms with E-state index < -0.39 is 0 Å². The Labute approximate surface area is 83.0 Å². The summed E-state index contributed by atoms with van der Waals surface area (Å²) in [5.41, 5.74) is 2.94. The highest BCUT2D eigenvalue weighted by molar-refractivity contribution is 5.46. The summed E-state index contributed by atoms with van der Waals surface area (Å²) in [5.74, 6) is 0. The Balaban J connectivity index is 2.52. The normalized spacial score (nSPS) is 9.71. The fourth-order valence-corrected chi connectivity index (χ4v) is 1.51. The van der Waals surface area contributed by atoms with E-state index in [-0.39, 0.29) is 0 Å². The molecular weight excluding hydrogens is 172 g/mol. The number of hydrogen-bond donors (Lipinski definition) is 0. The lowest BCUT2D eigenvalue weighted by Crippen LogP contribution is -1.93. The van der Waals surface area contributed by atoms with Gasteiger partial charge in [0.2, 0.25) is 0 Å². The average Bonchev–Trinajstić information content (AvgIpc) is 2.70. The van der Waals surface area contributed by atoms with Gasteiger partial charge in [0.1, 0.15) is 0 Å². The lowest BCUT2D eigenvalue weighted by molar-refractivity contribution is 1.06. The molecule has 2 rings (SSSR count). The lowest BCUT2D eigenvalue weighted by atomic mass is 10.1. The molecule has 2 aromatic rings. The third-order valence-electron chi connectivity index (χ3n) is 2.21. The molecule has 0 fully saturated rings. The zero-order chi connectivity index (χ0) is 9.97. The first-order valence-electron chi connectivity index (χ1n) is 4.45. The van der Waals surface area contributed by atoms with Crippen LogP contribution in [-0.4, -0.2) is 4.57 Å². The van der Waals surface area contributed by atoms with Crippen molar-refractivity contribution < 1.29 is 0 Å². The first kappa shape index (κ1) is 8.58. The second-order valence-electron chi connectivity index (χ2n) is 3.20. The highest BCUT2D eigenvalue weighted by atomic mass is 14.9. The number of aryl methyl sites for hydroxylation is 1. The fraction of sp³-hybridized carbons (Fsp3) is 0.0833. The van der Waals surface area contributed by atoms with E-state index >= 15 is 0 Å². The van der Waals surface area contributed by atoms with Gasteiger partial charge in [0.15, 0.2) is 0 Å². The van der Waals surface area contributed by atoms with E-state index in [4.69, 9.17) is 5.26 Å². The third-order valence-corrected chi connectivity index (χ3v) is 2.21. The first-order chi connectivity index (χ1) is 6.81. The lowest BCUT2D eigenvalue weighted by Gasteiger charge is -2.06. The van der Waals surface area contributed by atoms with E-state index in [0.717, 1.165) is 11.3 Å². The topological polar surface area (TPSA) is 28.7 Å². The molecular formula is C12H10N2. The third kappa shape index (κ3) is 1.40. The molecule has 1 aromatic heterocycles. The number of hydrogen-bond acceptors (Lipinski definition) is 1. The molecule has 0 unspecified atom stereocenters. The minimum atomic E-state index is 0.707. The molecule has 0 saturated heterocycles. The van der Waals surface area contributed by atoms with Crippen LogP contribution in [0.3, 0.4) is 0 Å². The van der Waals surface area contributed by atoms with E-state index in [1.54, 1.807) is 0 Å². The van der Waals surface area contributed by atoms with Crippen molar-refractivity contribution in [3.8, 4) is 11.8 Å². The maximum absolute atomic E-state index is 8.73. The van der Waals surface area contributed by atoms with Gasteiger partial charge in [-0.1, -0.05) is 0 Å². The van der Waals surface area contributed by atoms with Crippen molar-refractivity contribution in [3.05, 3.63) is 53.9 Å². The van der Waals surface area contributed by atoms with Gasteiger partial charge in [0.05, 0.1) is 11.6 Å². The molecule has 0 saturated carbocycles. The summed E-state index contributed by atoms with van der Waals surface area (Å²) in [4.78, 5) is 0. The van der Waals surface area contributed by atoms with E-state index in [1.165, 1.54) is 0 Å². The van der Waals surface area contributed by atoms with Gasteiger partial charge < -0.3 is 4.57 Å². The highest BCUT2D eigenvalue weighted by Crippen LogP contribution is 2.15. The Morgan fingerprint density at radius 3 is 2.50 bits per heavy atom. The van der Waals surface area contributed by atoms with Crippen LogP contribution >= 0.6 is 0 Å². The van der Waals surface area contributed by atoms with Gasteiger partial charge in [-0.05, 0) is 42.8 Å². The van der Waals surface area contributed by atoms with Crippen LogP contribution in [0.2, 0.25) is 0 Å². The van der Waals surface area contributed by atoms with Crippen LogP contribution in [0.1, 0.15) is 11.1 Å². The first-order valence-corrected chi connectivity index (χ1v) is 4.45. The summed E-state index contributed by atoms with van der Waals surface area (Å²) >= 11 is 0. The van der Waals surface area contributed by atoms with Gasteiger partial charge in [-0.15, -0.1) is 0 Å². The van der Waals surface area contributed by atoms with Gasteiger partial charge in [0, 0.05) is 18.1 Å². The van der Waals surface area contributed by atoms with Crippen molar-refractivity contribution in [3.63, 3.8) is 0 Å². The minimum Gasteiger partial charge on any atom is -0.324 e. The summed E-state index contributed by atoms with van der Waals surface area (Å²) in [6, 6.07) is 11.8. The second-order valence-corrected chi connectivity index (χ2v) is 3.20. The molecule has 2 heteroatoms. The summed E-state index contributed by atoms with van der Waals surface area (Å²) in [6.07, 6.45) is 3.99. The molecule has 68 valence electrons. The number of nitriles is 1. The predicted molar refractivity (Wildman–Crippen MR) is 55.2 cm³/mol. The maximum atomic E-state index is 8.73. The van der Waals surface area contributed by atoms with Crippen LogP contribution in [-0.2, 0) is 0 Å². The summed E-state index contributed by atoms with van der Waals surface area (Å²) < 4.78 is 2.04. The standard InChI is InChI=1S/C12H10N2/c1-10-8-11(9-13)4-5-12(10)14-6-2-3-7-14/h2-8H,1H3. The predicted octanol–water partition coefficient (Wildman–Crippen LogP) is 2.66. The number of rotatable bonds is 1. The number of nitrogens with zero attached hydrogens (tertiary/aromatic N) is 2. The molecule has 0 aliphatic rings. The Morgan fingerprint density at radius 2 is 1.93 bits per heavy atom. The quantitative estimate of drug-likeness (QED) is 0.666. The van der Waals surface area contributed by atoms with Crippen molar-refractivity contribution in [1.29, 1.82) is 5.26 Å². The van der Waals surface area contributed by atoms with Gasteiger partial charge >= 0.3 is 0 Å². The number of aromatic nitrogens is 1. The Bertz CT molecular complexity index is 476. The molecule has 1 heterocycles. The van der Waals surface area contributed by atoms with Crippen molar-refractivity contribution in [1.82, 2.24) is 4.57 Å². The van der Waals surface area contributed by atoms with Crippen LogP contribution in [0.25, 0.3) is 5.69 Å². The molecule has 0 aliphatic heterocycles. The Hall–Kier alpha value is -2.01. The smallest absolute Gasteiger partial charge is 0.0991 e. The van der Waals surface area contributed by atoms with Crippen molar-refractivity contribution in [2.75, 3.05) is 0 Å². The largest absolute Gasteiger partial charge is 0.324 e. The van der Waals surface area contributed by atoms with Gasteiger partial charge in [-0.2, -0.15) is 5.26 Å². The zero-order valence-corrected chi connectivity index (χ0v) is 7.94. The maximum Gasteiger partial charge on any atom is 0.0991 e.